The number of aromatic nitrogens is 1. The standard InChI is InChI=1S/C31H43NO4/c1-5-21-13-16-25-24(21)15-14-23(28(25)29(33)26-11-8-18-32-26)10-7-9-22(6-2)30-19(3)12-17-27(36-30)20(4)31(34)35/h7-11,14-15,18-21,23-25,27-28,30,32H,5-6,12-13,16-17H2,1-4H3,(H,34,35)/b10-7+,22-9-/t19-,20+,21-,23+,24+,25+,27+,28+,30+/m0/s1. The lowest BCUT2D eigenvalue weighted by Crippen LogP contribution is -2.40. The van der Waals surface area contributed by atoms with Crippen LogP contribution in [0, 0.1) is 41.4 Å². The second-order valence-electron chi connectivity index (χ2n) is 11.2. The first kappa shape index (κ1) is 26.7. The summed E-state index contributed by atoms with van der Waals surface area (Å²) < 4.78 is 6.35. The molecule has 1 saturated heterocycles. The molecule has 1 aromatic heterocycles. The average Bonchev–Trinajstić information content (AvgIpc) is 3.56. The molecule has 5 nitrogen and oxygen atoms in total. The van der Waals surface area contributed by atoms with Crippen LogP contribution in [0.4, 0.5) is 0 Å². The van der Waals surface area contributed by atoms with Crippen LogP contribution in [0.3, 0.4) is 0 Å². The van der Waals surface area contributed by atoms with Crippen molar-refractivity contribution in [2.75, 3.05) is 0 Å². The number of aromatic amines is 1. The van der Waals surface area contributed by atoms with Gasteiger partial charge < -0.3 is 14.8 Å². The predicted octanol–water partition coefficient (Wildman–Crippen LogP) is 6.85. The Bertz CT molecular complexity index is 990. The van der Waals surface area contributed by atoms with Crippen LogP contribution in [-0.4, -0.2) is 34.1 Å². The van der Waals surface area contributed by atoms with E-state index in [1.807, 2.05) is 18.3 Å². The zero-order valence-electron chi connectivity index (χ0n) is 22.2. The fourth-order valence-corrected chi connectivity index (χ4v) is 6.88. The summed E-state index contributed by atoms with van der Waals surface area (Å²) >= 11 is 0. The molecule has 0 bridgehead atoms. The number of ether oxygens (including phenoxy) is 1. The number of nitrogens with one attached hydrogen (secondary N) is 1. The summed E-state index contributed by atoms with van der Waals surface area (Å²) in [5.74, 6) is 0.846. The van der Waals surface area contributed by atoms with Gasteiger partial charge in [-0.05, 0) is 80.4 Å². The Morgan fingerprint density at radius 3 is 2.67 bits per heavy atom. The number of ketones is 1. The molecular formula is C31H43NO4. The van der Waals surface area contributed by atoms with Gasteiger partial charge in [0.05, 0.1) is 23.8 Å². The first-order valence-electron chi connectivity index (χ1n) is 14.0. The molecule has 4 rings (SSSR count). The Labute approximate surface area is 216 Å². The predicted molar refractivity (Wildman–Crippen MR) is 143 cm³/mol. The normalized spacial score (nSPS) is 35.6. The Morgan fingerprint density at radius 1 is 1.19 bits per heavy atom. The first-order chi connectivity index (χ1) is 17.3. The van der Waals surface area contributed by atoms with Gasteiger partial charge in [0.1, 0.15) is 0 Å². The van der Waals surface area contributed by atoms with Crippen LogP contribution in [-0.2, 0) is 9.53 Å². The molecule has 1 saturated carbocycles. The van der Waals surface area contributed by atoms with Crippen LogP contribution in [0.25, 0.3) is 0 Å². The molecule has 5 heteroatoms. The van der Waals surface area contributed by atoms with E-state index in [0.29, 0.717) is 29.4 Å². The second-order valence-corrected chi connectivity index (χ2v) is 11.2. The number of rotatable bonds is 9. The number of H-pyrrole nitrogens is 1. The van der Waals surface area contributed by atoms with Crippen LogP contribution in [0.15, 0.2) is 54.3 Å². The highest BCUT2D eigenvalue weighted by Gasteiger charge is 2.45. The lowest BCUT2D eigenvalue weighted by atomic mass is 9.68. The van der Waals surface area contributed by atoms with E-state index in [9.17, 15) is 14.7 Å². The van der Waals surface area contributed by atoms with E-state index < -0.39 is 11.9 Å². The summed E-state index contributed by atoms with van der Waals surface area (Å²) in [6, 6.07) is 3.80. The van der Waals surface area contributed by atoms with E-state index in [4.69, 9.17) is 4.74 Å². The maximum Gasteiger partial charge on any atom is 0.308 e. The molecular weight excluding hydrogens is 450 g/mol. The van der Waals surface area contributed by atoms with Crippen molar-refractivity contribution in [2.45, 2.75) is 78.4 Å². The number of carboxylic acids is 1. The quantitative estimate of drug-likeness (QED) is 0.224. The number of fused-ring (bicyclic) bond motifs is 1. The van der Waals surface area contributed by atoms with Crippen molar-refractivity contribution in [3.05, 3.63) is 60.0 Å². The van der Waals surface area contributed by atoms with Gasteiger partial charge in [0.2, 0.25) is 0 Å². The SMILES string of the molecule is CC/C(=C/C=C/[C@@H]1C=C[C@@H]2[C@@H](CC)CC[C@H]2[C@@H]1C(=O)c1ccc[nH]1)[C@@H]1O[C@@H]([C@@H](C)C(=O)O)CC[C@@H]1C. The summed E-state index contributed by atoms with van der Waals surface area (Å²) in [5.41, 5.74) is 1.90. The van der Waals surface area contributed by atoms with E-state index in [0.717, 1.165) is 25.7 Å². The number of carbonyl (C=O) groups is 2. The zero-order chi connectivity index (χ0) is 25.8. The van der Waals surface area contributed by atoms with Crippen LogP contribution in [0.2, 0.25) is 0 Å². The maximum absolute atomic E-state index is 13.6. The molecule has 0 aromatic carbocycles. The molecule has 0 spiro atoms. The van der Waals surface area contributed by atoms with Crippen LogP contribution in [0.5, 0.6) is 0 Å². The van der Waals surface area contributed by atoms with Gasteiger partial charge in [-0.1, -0.05) is 57.6 Å². The van der Waals surface area contributed by atoms with Gasteiger partial charge in [-0.25, -0.2) is 0 Å². The topological polar surface area (TPSA) is 79.4 Å². The van der Waals surface area contributed by atoms with Crippen molar-refractivity contribution in [2.24, 2.45) is 41.4 Å². The third-order valence-electron chi connectivity index (χ3n) is 9.14. The van der Waals surface area contributed by atoms with Crippen LogP contribution >= 0.6 is 0 Å². The van der Waals surface area contributed by atoms with Gasteiger partial charge in [-0.3, -0.25) is 9.59 Å². The van der Waals surface area contributed by atoms with Crippen molar-refractivity contribution in [3.63, 3.8) is 0 Å². The van der Waals surface area contributed by atoms with Crippen molar-refractivity contribution in [1.29, 1.82) is 0 Å². The smallest absolute Gasteiger partial charge is 0.308 e. The maximum atomic E-state index is 13.6. The number of allylic oxidation sites excluding steroid dienone is 5. The molecule has 3 aliphatic rings. The third kappa shape index (κ3) is 5.46. The molecule has 9 atom stereocenters. The largest absolute Gasteiger partial charge is 0.481 e. The van der Waals surface area contributed by atoms with Crippen molar-refractivity contribution < 1.29 is 19.4 Å². The van der Waals surface area contributed by atoms with E-state index in [2.05, 4.69) is 56.1 Å². The number of Topliss-reactive ketones (excluding diaryl/α,β-unsaturated/α-hetero) is 1. The fraction of sp³-hybridized carbons (Fsp3) is 0.613. The number of aliphatic carboxylic acids is 1. The van der Waals surface area contributed by atoms with Crippen LogP contribution < -0.4 is 0 Å². The first-order valence-corrected chi connectivity index (χ1v) is 14.0. The molecule has 36 heavy (non-hydrogen) atoms. The highest BCUT2D eigenvalue weighted by molar-refractivity contribution is 5.97. The highest BCUT2D eigenvalue weighted by Crippen LogP contribution is 2.49. The molecule has 0 radical (unpaired) electrons. The molecule has 0 amide bonds. The van der Waals surface area contributed by atoms with E-state index in [1.165, 1.54) is 18.4 Å². The number of carboxylic acid groups (broad SMARTS) is 1. The second kappa shape index (κ2) is 11.8. The molecule has 2 aliphatic carbocycles. The van der Waals surface area contributed by atoms with Crippen molar-refractivity contribution in [3.8, 4) is 0 Å². The molecule has 2 heterocycles. The molecule has 196 valence electrons. The Hall–Kier alpha value is -2.40. The van der Waals surface area contributed by atoms with Gasteiger partial charge in [0.25, 0.3) is 0 Å². The molecule has 1 aliphatic heterocycles. The third-order valence-corrected chi connectivity index (χ3v) is 9.14. The number of carbonyl (C=O) groups excluding carboxylic acids is 1. The Morgan fingerprint density at radius 2 is 2.00 bits per heavy atom. The fourth-order valence-electron chi connectivity index (χ4n) is 6.88. The van der Waals surface area contributed by atoms with Crippen molar-refractivity contribution >= 4 is 11.8 Å². The lowest BCUT2D eigenvalue weighted by molar-refractivity contribution is -0.152. The molecule has 1 aromatic rings. The molecule has 2 N–H and O–H groups in total. The monoisotopic (exact) mass is 493 g/mol. The summed E-state index contributed by atoms with van der Waals surface area (Å²) in [6.45, 7) is 8.33. The minimum absolute atomic E-state index is 0.0458. The van der Waals surface area contributed by atoms with Gasteiger partial charge in [-0.15, -0.1) is 0 Å². The minimum atomic E-state index is -0.799. The average molecular weight is 494 g/mol. The minimum Gasteiger partial charge on any atom is -0.481 e. The number of hydrogen-bond donors (Lipinski definition) is 2. The van der Waals surface area contributed by atoms with Crippen LogP contribution in [0.1, 0.15) is 76.7 Å². The van der Waals surface area contributed by atoms with Gasteiger partial charge in [0.15, 0.2) is 5.78 Å². The van der Waals surface area contributed by atoms with Gasteiger partial charge in [0, 0.05) is 18.0 Å². The summed E-state index contributed by atoms with van der Waals surface area (Å²) in [6.07, 6.45) is 18.7. The van der Waals surface area contributed by atoms with E-state index >= 15 is 0 Å². The number of hydrogen-bond acceptors (Lipinski definition) is 3. The van der Waals surface area contributed by atoms with Gasteiger partial charge in [-0.2, -0.15) is 0 Å². The van der Waals surface area contributed by atoms with E-state index in [1.54, 1.807) is 6.92 Å². The van der Waals surface area contributed by atoms with Crippen molar-refractivity contribution in [1.82, 2.24) is 4.98 Å². The Balaban J connectivity index is 1.55. The summed E-state index contributed by atoms with van der Waals surface area (Å²) in [7, 11) is 0. The summed E-state index contributed by atoms with van der Waals surface area (Å²) in [4.78, 5) is 28.3. The van der Waals surface area contributed by atoms with E-state index in [-0.39, 0.29) is 29.8 Å². The lowest BCUT2D eigenvalue weighted by Gasteiger charge is -2.38. The van der Waals surface area contributed by atoms with Gasteiger partial charge >= 0.3 is 5.97 Å². The zero-order valence-corrected chi connectivity index (χ0v) is 22.2. The highest BCUT2D eigenvalue weighted by atomic mass is 16.5. The Kier molecular flexibility index (Phi) is 8.71. The molecule has 2 fully saturated rings. The molecule has 0 unspecified atom stereocenters. The summed E-state index contributed by atoms with van der Waals surface area (Å²) in [5, 5.41) is 9.46.